The third-order valence-corrected chi connectivity index (χ3v) is 7.47. The van der Waals surface area contributed by atoms with E-state index in [0.717, 1.165) is 11.8 Å². The van der Waals surface area contributed by atoms with Crippen molar-refractivity contribution in [3.8, 4) is 5.75 Å². The number of hydrogen-bond acceptors (Lipinski definition) is 5. The van der Waals surface area contributed by atoms with Gasteiger partial charge in [0.25, 0.3) is 0 Å². The van der Waals surface area contributed by atoms with E-state index in [-0.39, 0.29) is 44.2 Å². The van der Waals surface area contributed by atoms with Crippen molar-refractivity contribution in [1.82, 2.24) is 10.2 Å². The number of sulfonamides is 1. The number of nitrogens with one attached hydrogen (secondary N) is 1. The molecule has 2 amide bonds. The normalized spacial score (nSPS) is 11.9. The largest absolute Gasteiger partial charge is 0.495 e. The molecule has 0 aliphatic carbocycles. The first kappa shape index (κ1) is 29.6. The number of carbonyl (C=O) groups excluding carboxylic acids is 2. The second-order valence-corrected chi connectivity index (χ2v) is 11.0. The molecule has 1 unspecified atom stereocenters. The zero-order valence-electron chi connectivity index (χ0n) is 22.3. The highest BCUT2D eigenvalue weighted by atomic mass is 32.2. The Labute approximate surface area is 229 Å². The molecular weight excluding hydrogens is 521 g/mol. The van der Waals surface area contributed by atoms with E-state index in [4.69, 9.17) is 4.74 Å². The number of anilines is 1. The van der Waals surface area contributed by atoms with Gasteiger partial charge in [0.15, 0.2) is 0 Å². The lowest BCUT2D eigenvalue weighted by Gasteiger charge is -2.31. The first-order valence-corrected chi connectivity index (χ1v) is 14.4. The van der Waals surface area contributed by atoms with Crippen molar-refractivity contribution in [2.24, 2.45) is 0 Å². The van der Waals surface area contributed by atoms with Gasteiger partial charge in [-0.25, -0.2) is 12.8 Å². The number of methoxy groups -OCH3 is 1. The van der Waals surface area contributed by atoms with Crippen molar-refractivity contribution in [1.29, 1.82) is 0 Å². The SMILES string of the molecule is CNC(=O)C(Cc1ccccc1)N(Cc1ccc(F)cc1)C(=O)CCCN(c1ccccc1OC)S(C)(=O)=O. The van der Waals surface area contributed by atoms with E-state index in [0.29, 0.717) is 17.0 Å². The highest BCUT2D eigenvalue weighted by molar-refractivity contribution is 7.92. The lowest BCUT2D eigenvalue weighted by Crippen LogP contribution is -2.49. The average Bonchev–Trinajstić information content (AvgIpc) is 2.93. The Kier molecular flexibility index (Phi) is 10.4. The summed E-state index contributed by atoms with van der Waals surface area (Å²) >= 11 is 0. The molecule has 0 bridgehead atoms. The van der Waals surface area contributed by atoms with Gasteiger partial charge in [0.1, 0.15) is 17.6 Å². The Hall–Kier alpha value is -3.92. The molecule has 1 atom stereocenters. The van der Waals surface area contributed by atoms with Crippen molar-refractivity contribution in [2.45, 2.75) is 31.8 Å². The van der Waals surface area contributed by atoms with Crippen LogP contribution in [0.25, 0.3) is 0 Å². The van der Waals surface area contributed by atoms with Gasteiger partial charge in [-0.2, -0.15) is 0 Å². The molecule has 208 valence electrons. The van der Waals surface area contributed by atoms with Crippen LogP contribution in [0.2, 0.25) is 0 Å². The number of carbonyl (C=O) groups is 2. The smallest absolute Gasteiger partial charge is 0.242 e. The van der Waals surface area contributed by atoms with Gasteiger partial charge in [-0.05, 0) is 41.8 Å². The Bertz CT molecular complexity index is 1350. The average molecular weight is 556 g/mol. The van der Waals surface area contributed by atoms with Gasteiger partial charge in [-0.1, -0.05) is 54.6 Å². The molecule has 0 aliphatic heterocycles. The molecule has 8 nitrogen and oxygen atoms in total. The Morgan fingerprint density at radius 1 is 0.949 bits per heavy atom. The number of likely N-dealkylation sites (N-methyl/N-ethyl adjacent to an activating group) is 1. The molecule has 10 heteroatoms. The lowest BCUT2D eigenvalue weighted by atomic mass is 10.0. The summed E-state index contributed by atoms with van der Waals surface area (Å²) in [5, 5.41) is 2.65. The van der Waals surface area contributed by atoms with Crippen molar-refractivity contribution in [3.05, 3.63) is 95.8 Å². The number of amides is 2. The maximum absolute atomic E-state index is 13.6. The third-order valence-electron chi connectivity index (χ3n) is 6.29. The maximum atomic E-state index is 13.6. The molecule has 0 aliphatic rings. The number of rotatable bonds is 13. The third kappa shape index (κ3) is 8.28. The van der Waals surface area contributed by atoms with Crippen LogP contribution in [0.1, 0.15) is 24.0 Å². The summed E-state index contributed by atoms with van der Waals surface area (Å²) in [4.78, 5) is 28.1. The molecular formula is C29H34FN3O5S. The standard InChI is InChI=1S/C29H34FN3O5S/c1-31-29(35)26(20-22-10-5-4-6-11-22)32(21-23-15-17-24(30)18-16-23)28(34)14-9-19-33(39(3,36)37)25-12-7-8-13-27(25)38-2/h4-8,10-13,15-18,26H,9,14,19-21H2,1-3H3,(H,31,35). The number of benzene rings is 3. The van der Waals surface area contributed by atoms with Crippen LogP contribution in [-0.2, 0) is 32.6 Å². The summed E-state index contributed by atoms with van der Waals surface area (Å²) in [7, 11) is -0.695. The molecule has 0 spiro atoms. The van der Waals surface area contributed by atoms with Gasteiger partial charge >= 0.3 is 0 Å². The monoisotopic (exact) mass is 555 g/mol. The summed E-state index contributed by atoms with van der Waals surface area (Å²) in [6, 6.07) is 21.1. The zero-order valence-corrected chi connectivity index (χ0v) is 23.2. The van der Waals surface area contributed by atoms with Crippen molar-refractivity contribution >= 4 is 27.5 Å². The molecule has 0 saturated heterocycles. The van der Waals surface area contributed by atoms with Crippen molar-refractivity contribution in [3.63, 3.8) is 0 Å². The first-order chi connectivity index (χ1) is 18.6. The van der Waals surface area contributed by atoms with E-state index in [1.165, 1.54) is 35.5 Å². The lowest BCUT2D eigenvalue weighted by molar-refractivity contribution is -0.141. The van der Waals surface area contributed by atoms with Gasteiger partial charge in [0.2, 0.25) is 21.8 Å². The Morgan fingerprint density at radius 3 is 2.21 bits per heavy atom. The van der Waals surface area contributed by atoms with E-state index < -0.39 is 21.9 Å². The van der Waals surface area contributed by atoms with E-state index >= 15 is 0 Å². The second kappa shape index (κ2) is 13.7. The summed E-state index contributed by atoms with van der Waals surface area (Å²) in [5.74, 6) is -0.658. The molecule has 3 aromatic carbocycles. The van der Waals surface area contributed by atoms with Gasteiger partial charge < -0.3 is 15.0 Å². The molecule has 0 fully saturated rings. The van der Waals surface area contributed by atoms with Crippen LogP contribution in [0, 0.1) is 5.82 Å². The fourth-order valence-electron chi connectivity index (χ4n) is 4.33. The minimum atomic E-state index is -3.67. The van der Waals surface area contributed by atoms with E-state index in [2.05, 4.69) is 5.32 Å². The van der Waals surface area contributed by atoms with Crippen molar-refractivity contribution in [2.75, 3.05) is 31.3 Å². The minimum absolute atomic E-state index is 0.00928. The van der Waals surface area contributed by atoms with Crippen LogP contribution in [0.5, 0.6) is 5.75 Å². The van der Waals surface area contributed by atoms with Crippen LogP contribution in [0.3, 0.4) is 0 Å². The van der Waals surface area contributed by atoms with Crippen LogP contribution >= 0.6 is 0 Å². The maximum Gasteiger partial charge on any atom is 0.242 e. The highest BCUT2D eigenvalue weighted by Gasteiger charge is 2.30. The van der Waals surface area contributed by atoms with Gasteiger partial charge in [0, 0.05) is 33.0 Å². The molecule has 39 heavy (non-hydrogen) atoms. The number of nitrogens with zero attached hydrogens (tertiary/aromatic N) is 2. The zero-order chi connectivity index (χ0) is 28.4. The predicted molar refractivity (Wildman–Crippen MR) is 149 cm³/mol. The predicted octanol–water partition coefficient (Wildman–Crippen LogP) is 3.77. The minimum Gasteiger partial charge on any atom is -0.495 e. The van der Waals surface area contributed by atoms with Gasteiger partial charge in [0.05, 0.1) is 19.1 Å². The molecule has 0 heterocycles. The second-order valence-electron chi connectivity index (χ2n) is 9.08. The van der Waals surface area contributed by atoms with Crippen LogP contribution in [0.15, 0.2) is 78.9 Å². The molecule has 0 radical (unpaired) electrons. The Balaban J connectivity index is 1.85. The van der Waals surface area contributed by atoms with Gasteiger partial charge in [-0.3, -0.25) is 13.9 Å². The fraction of sp³-hybridized carbons (Fsp3) is 0.310. The highest BCUT2D eigenvalue weighted by Crippen LogP contribution is 2.30. The summed E-state index contributed by atoms with van der Waals surface area (Å²) in [6.45, 7) is 0.130. The van der Waals surface area contributed by atoms with Crippen LogP contribution in [-0.4, -0.2) is 58.1 Å². The number of ether oxygens (including phenoxy) is 1. The Morgan fingerprint density at radius 2 is 1.59 bits per heavy atom. The molecule has 0 aromatic heterocycles. The molecule has 3 aromatic rings. The molecule has 0 saturated carbocycles. The molecule has 1 N–H and O–H groups in total. The summed E-state index contributed by atoms with van der Waals surface area (Å²) in [5.41, 5.74) is 1.92. The number of hydrogen-bond donors (Lipinski definition) is 1. The van der Waals surface area contributed by atoms with Crippen LogP contribution in [0.4, 0.5) is 10.1 Å². The summed E-state index contributed by atoms with van der Waals surface area (Å²) in [6.07, 6.45) is 1.58. The number of para-hydroxylation sites is 2. The molecule has 3 rings (SSSR count). The number of halogens is 1. The quantitative estimate of drug-likeness (QED) is 0.347. The van der Waals surface area contributed by atoms with Crippen molar-refractivity contribution < 1.29 is 27.1 Å². The van der Waals surface area contributed by atoms with E-state index in [1.54, 1.807) is 36.4 Å². The van der Waals surface area contributed by atoms with Crippen LogP contribution < -0.4 is 14.4 Å². The van der Waals surface area contributed by atoms with E-state index in [9.17, 15) is 22.4 Å². The first-order valence-electron chi connectivity index (χ1n) is 12.5. The van der Waals surface area contributed by atoms with E-state index in [1.807, 2.05) is 30.3 Å². The topological polar surface area (TPSA) is 96.0 Å². The summed E-state index contributed by atoms with van der Waals surface area (Å²) < 4.78 is 45.3. The fourth-order valence-corrected chi connectivity index (χ4v) is 5.29. The van der Waals surface area contributed by atoms with Gasteiger partial charge in [-0.15, -0.1) is 0 Å².